The normalized spacial score (nSPS) is 30.7. The summed E-state index contributed by atoms with van der Waals surface area (Å²) in [7, 11) is 0. The third-order valence-electron chi connectivity index (χ3n) is 5.45. The Hall–Kier alpha value is -1.10. The fourth-order valence-electron chi connectivity index (χ4n) is 3.84. The molecule has 1 saturated carbocycles. The average Bonchev–Trinajstić information content (AvgIpc) is 3.13. The molecular weight excluding hydrogens is 333 g/mol. The number of benzene rings is 1. The van der Waals surface area contributed by atoms with E-state index in [1.165, 1.54) is 6.33 Å². The highest BCUT2D eigenvalue weighted by Gasteiger charge is 2.57. The molecule has 1 aromatic heterocycles. The van der Waals surface area contributed by atoms with Gasteiger partial charge in [-0.25, -0.2) is 4.98 Å². The third kappa shape index (κ3) is 3.00. The van der Waals surface area contributed by atoms with Gasteiger partial charge in [-0.2, -0.15) is 5.10 Å². The fourth-order valence-corrected chi connectivity index (χ4v) is 4.36. The van der Waals surface area contributed by atoms with Gasteiger partial charge in [0.2, 0.25) is 0 Å². The van der Waals surface area contributed by atoms with E-state index in [1.54, 1.807) is 11.0 Å². The molecule has 3 atom stereocenters. The molecule has 0 bridgehead atoms. The molecule has 0 amide bonds. The van der Waals surface area contributed by atoms with E-state index >= 15 is 0 Å². The highest BCUT2D eigenvalue weighted by atomic mass is 35.5. The Morgan fingerprint density at radius 2 is 2.09 bits per heavy atom. The number of aliphatic hydroxyl groups is 1. The summed E-state index contributed by atoms with van der Waals surface area (Å²) in [6.07, 6.45) is 5.18. The summed E-state index contributed by atoms with van der Waals surface area (Å²) in [6, 6.07) is 7.81. The zero-order valence-corrected chi connectivity index (χ0v) is 14.6. The van der Waals surface area contributed by atoms with Crippen LogP contribution in [0.5, 0.6) is 0 Å². The van der Waals surface area contributed by atoms with Crippen LogP contribution in [0, 0.1) is 10.8 Å². The molecule has 1 aliphatic rings. The summed E-state index contributed by atoms with van der Waals surface area (Å²) in [6.45, 7) is 2.77. The van der Waals surface area contributed by atoms with Crippen LogP contribution in [0.15, 0.2) is 36.9 Å². The van der Waals surface area contributed by atoms with Crippen LogP contribution in [0.2, 0.25) is 5.02 Å². The quantitative estimate of drug-likeness (QED) is 0.836. The first-order valence-corrected chi connectivity index (χ1v) is 8.71. The van der Waals surface area contributed by atoms with Crippen molar-refractivity contribution in [1.29, 1.82) is 0 Å². The third-order valence-corrected chi connectivity index (χ3v) is 6.29. The lowest BCUT2D eigenvalue weighted by atomic mass is 9.63. The average molecular weight is 354 g/mol. The number of alkyl halides is 1. The van der Waals surface area contributed by atoms with Gasteiger partial charge >= 0.3 is 0 Å². The summed E-state index contributed by atoms with van der Waals surface area (Å²) in [5.74, 6) is 0.506. The predicted molar refractivity (Wildman–Crippen MR) is 91.7 cm³/mol. The lowest BCUT2D eigenvalue weighted by molar-refractivity contribution is -0.0259. The SMILES string of the molecule is C[C@@]1(CCl)CC[C@@H](O)[C@]1(Cc1ccc(Cl)cc1)Cn1cncn1. The Bertz CT molecular complexity index is 646. The van der Waals surface area contributed by atoms with E-state index in [4.69, 9.17) is 23.2 Å². The molecule has 1 heterocycles. The highest BCUT2D eigenvalue weighted by Crippen LogP contribution is 2.56. The number of nitrogens with zero attached hydrogens (tertiary/aromatic N) is 3. The standard InChI is InChI=1S/C17H21Cl2N3O/c1-16(9-18)7-6-15(23)17(16,10-22-12-20-11-21-22)8-13-2-4-14(19)5-3-13/h2-5,11-12,15,23H,6-10H2,1H3/t15-,16+,17+/m1/s1. The van der Waals surface area contributed by atoms with E-state index < -0.39 is 6.10 Å². The van der Waals surface area contributed by atoms with Crippen LogP contribution in [0.3, 0.4) is 0 Å². The monoisotopic (exact) mass is 353 g/mol. The number of halogens is 2. The number of rotatable bonds is 5. The lowest BCUT2D eigenvalue weighted by Crippen LogP contribution is -2.48. The number of hydrogen-bond donors (Lipinski definition) is 1. The van der Waals surface area contributed by atoms with Gasteiger partial charge in [-0.05, 0) is 42.4 Å². The van der Waals surface area contributed by atoms with E-state index in [2.05, 4.69) is 17.0 Å². The second kappa shape index (κ2) is 6.42. The van der Waals surface area contributed by atoms with Crippen LogP contribution < -0.4 is 0 Å². The molecule has 124 valence electrons. The molecule has 1 aliphatic carbocycles. The molecule has 1 N–H and O–H groups in total. The first kappa shape index (κ1) is 16.7. The summed E-state index contributed by atoms with van der Waals surface area (Å²) in [5.41, 5.74) is 0.599. The first-order valence-electron chi connectivity index (χ1n) is 7.80. The molecule has 6 heteroatoms. The molecule has 23 heavy (non-hydrogen) atoms. The summed E-state index contributed by atoms with van der Waals surface area (Å²) >= 11 is 12.3. The Balaban J connectivity index is 2.00. The molecule has 0 radical (unpaired) electrons. The molecular formula is C17H21Cl2N3O. The number of hydrogen-bond acceptors (Lipinski definition) is 3. The molecule has 1 fully saturated rings. The molecule has 3 rings (SSSR count). The van der Waals surface area contributed by atoms with Crippen LogP contribution >= 0.6 is 23.2 Å². The minimum Gasteiger partial charge on any atom is -0.392 e. The molecule has 0 saturated heterocycles. The first-order chi connectivity index (χ1) is 11.0. The van der Waals surface area contributed by atoms with Crippen molar-refractivity contribution in [3.63, 3.8) is 0 Å². The van der Waals surface area contributed by atoms with Crippen molar-refractivity contribution in [3.05, 3.63) is 47.5 Å². The molecule has 0 unspecified atom stereocenters. The fraction of sp³-hybridized carbons (Fsp3) is 0.529. The maximum Gasteiger partial charge on any atom is 0.137 e. The van der Waals surface area contributed by atoms with Gasteiger partial charge < -0.3 is 5.11 Å². The smallest absolute Gasteiger partial charge is 0.137 e. The summed E-state index contributed by atoms with van der Waals surface area (Å²) in [4.78, 5) is 4.03. The van der Waals surface area contributed by atoms with Gasteiger partial charge in [0.15, 0.2) is 0 Å². The summed E-state index contributed by atoms with van der Waals surface area (Å²) < 4.78 is 1.80. The minimum absolute atomic E-state index is 0.167. The number of aliphatic hydroxyl groups excluding tert-OH is 1. The second-order valence-corrected chi connectivity index (χ2v) is 7.50. The van der Waals surface area contributed by atoms with Gasteiger partial charge in [0, 0.05) is 16.3 Å². The second-order valence-electron chi connectivity index (χ2n) is 6.80. The molecule has 0 aliphatic heterocycles. The van der Waals surface area contributed by atoms with E-state index in [9.17, 15) is 5.11 Å². The summed E-state index contributed by atoms with van der Waals surface area (Å²) in [5, 5.41) is 15.8. The molecule has 1 aromatic carbocycles. The van der Waals surface area contributed by atoms with Crippen LogP contribution in [-0.4, -0.2) is 31.9 Å². The van der Waals surface area contributed by atoms with Gasteiger partial charge in [-0.15, -0.1) is 11.6 Å². The highest BCUT2D eigenvalue weighted by molar-refractivity contribution is 6.30. The van der Waals surface area contributed by atoms with Gasteiger partial charge in [-0.3, -0.25) is 4.68 Å². The van der Waals surface area contributed by atoms with Crippen LogP contribution in [0.4, 0.5) is 0 Å². The Kier molecular flexibility index (Phi) is 4.68. The van der Waals surface area contributed by atoms with Gasteiger partial charge in [-0.1, -0.05) is 30.7 Å². The van der Waals surface area contributed by atoms with E-state index in [-0.39, 0.29) is 10.8 Å². The maximum atomic E-state index is 10.9. The molecule has 4 nitrogen and oxygen atoms in total. The topological polar surface area (TPSA) is 50.9 Å². The maximum absolute atomic E-state index is 10.9. The van der Waals surface area contributed by atoms with Gasteiger partial charge in [0.05, 0.1) is 12.6 Å². The largest absolute Gasteiger partial charge is 0.392 e. The Morgan fingerprint density at radius 3 is 2.70 bits per heavy atom. The van der Waals surface area contributed by atoms with Crippen LogP contribution in [0.25, 0.3) is 0 Å². The molecule has 2 aromatic rings. The van der Waals surface area contributed by atoms with Gasteiger partial charge in [0.25, 0.3) is 0 Å². The lowest BCUT2D eigenvalue weighted by Gasteiger charge is -2.45. The van der Waals surface area contributed by atoms with Crippen molar-refractivity contribution in [2.75, 3.05) is 5.88 Å². The van der Waals surface area contributed by atoms with Crippen molar-refractivity contribution in [3.8, 4) is 0 Å². The van der Waals surface area contributed by atoms with Gasteiger partial charge in [0.1, 0.15) is 12.7 Å². The Labute approximate surface area is 146 Å². The van der Waals surface area contributed by atoms with Crippen molar-refractivity contribution < 1.29 is 5.11 Å². The van der Waals surface area contributed by atoms with E-state index in [0.29, 0.717) is 17.4 Å². The zero-order chi connectivity index (χ0) is 16.5. The van der Waals surface area contributed by atoms with Crippen molar-refractivity contribution >= 4 is 23.2 Å². The van der Waals surface area contributed by atoms with Crippen LogP contribution in [-0.2, 0) is 13.0 Å². The molecule has 0 spiro atoms. The number of aromatic nitrogens is 3. The van der Waals surface area contributed by atoms with Crippen molar-refractivity contribution in [2.45, 2.75) is 38.8 Å². The van der Waals surface area contributed by atoms with E-state index in [0.717, 1.165) is 24.8 Å². The predicted octanol–water partition coefficient (Wildman–Crippen LogP) is 3.56. The van der Waals surface area contributed by atoms with Crippen molar-refractivity contribution in [2.24, 2.45) is 10.8 Å². The zero-order valence-electron chi connectivity index (χ0n) is 13.1. The van der Waals surface area contributed by atoms with E-state index in [1.807, 2.05) is 24.3 Å². The van der Waals surface area contributed by atoms with Crippen LogP contribution in [0.1, 0.15) is 25.3 Å². The van der Waals surface area contributed by atoms with Crippen molar-refractivity contribution in [1.82, 2.24) is 14.8 Å². The Morgan fingerprint density at radius 1 is 1.35 bits per heavy atom. The minimum atomic E-state index is -0.425.